The van der Waals surface area contributed by atoms with Crippen molar-refractivity contribution in [3.63, 3.8) is 0 Å². The molecule has 13 heavy (non-hydrogen) atoms. The topological polar surface area (TPSA) is 54.4 Å². The number of carbonyl (C=O) groups excluding carboxylic acids is 1. The van der Waals surface area contributed by atoms with E-state index in [1.54, 1.807) is 24.3 Å². The number of hydrogen-bond acceptors (Lipinski definition) is 3. The lowest BCUT2D eigenvalue weighted by atomic mass is 10.3. The molecular formula is C9H8O3S. The van der Waals surface area contributed by atoms with Gasteiger partial charge in [-0.05, 0) is 18.2 Å². The molecule has 0 bridgehead atoms. The van der Waals surface area contributed by atoms with Gasteiger partial charge in [-0.15, -0.1) is 11.3 Å². The van der Waals surface area contributed by atoms with Crippen LogP contribution in [0.4, 0.5) is 0 Å². The number of carbonyl (C=O) groups is 2. The van der Waals surface area contributed by atoms with Crippen LogP contribution in [0.3, 0.4) is 0 Å². The first-order valence-corrected chi connectivity index (χ1v) is 4.47. The second kappa shape index (κ2) is 4.57. The third-order valence-electron chi connectivity index (χ3n) is 1.34. The predicted molar refractivity (Wildman–Crippen MR) is 51.0 cm³/mol. The highest BCUT2D eigenvalue weighted by atomic mass is 32.1. The minimum Gasteiger partial charge on any atom is -0.481 e. The van der Waals surface area contributed by atoms with Crippen LogP contribution in [-0.4, -0.2) is 17.4 Å². The van der Waals surface area contributed by atoms with E-state index < -0.39 is 5.97 Å². The van der Waals surface area contributed by atoms with Crippen LogP contribution in [-0.2, 0) is 4.79 Å². The first-order chi connectivity index (χ1) is 6.22. The molecule has 0 aliphatic carbocycles. The van der Waals surface area contributed by atoms with Gasteiger partial charge in [0.2, 0.25) is 0 Å². The molecule has 0 aliphatic heterocycles. The molecule has 0 fully saturated rings. The summed E-state index contributed by atoms with van der Waals surface area (Å²) < 4.78 is 0. The molecule has 0 spiro atoms. The summed E-state index contributed by atoms with van der Waals surface area (Å²) in [6.45, 7) is 0. The first-order valence-electron chi connectivity index (χ1n) is 3.65. The largest absolute Gasteiger partial charge is 0.481 e. The number of aliphatic carboxylic acids is 1. The van der Waals surface area contributed by atoms with E-state index in [1.807, 2.05) is 0 Å². The summed E-state index contributed by atoms with van der Waals surface area (Å²) in [5.41, 5.74) is 0. The fraction of sp³-hybridized carbons (Fsp3) is 0.111. The van der Waals surface area contributed by atoms with Crippen molar-refractivity contribution in [3.05, 3.63) is 28.0 Å². The fourth-order valence-electron chi connectivity index (χ4n) is 0.797. The van der Waals surface area contributed by atoms with Crippen LogP contribution in [0.5, 0.6) is 0 Å². The van der Waals surface area contributed by atoms with Crippen molar-refractivity contribution in [3.8, 4) is 0 Å². The number of carboxylic acid groups (broad SMARTS) is 1. The molecule has 1 aromatic heterocycles. The van der Waals surface area contributed by atoms with Gasteiger partial charge in [-0.1, -0.05) is 6.08 Å². The molecule has 0 atom stereocenters. The third-order valence-corrected chi connectivity index (χ3v) is 2.31. The van der Waals surface area contributed by atoms with Gasteiger partial charge in [0.05, 0.1) is 11.3 Å². The Balaban J connectivity index is 2.58. The number of hydrogen-bond donors (Lipinski definition) is 1. The molecule has 0 unspecified atom stereocenters. The van der Waals surface area contributed by atoms with Crippen molar-refractivity contribution < 1.29 is 14.7 Å². The number of thiophene rings is 1. The molecule has 1 heterocycles. The van der Waals surface area contributed by atoms with Crippen molar-refractivity contribution >= 4 is 29.7 Å². The fourth-order valence-corrected chi connectivity index (χ4v) is 1.55. The summed E-state index contributed by atoms with van der Waals surface area (Å²) in [5, 5.41) is 8.34. The summed E-state index contributed by atoms with van der Waals surface area (Å²) in [5.74, 6) is -0.858. The maximum atomic E-state index is 10.3. The molecule has 0 saturated carbocycles. The molecule has 1 aromatic rings. The lowest BCUT2D eigenvalue weighted by Crippen LogP contribution is -1.89. The second-order valence-corrected chi connectivity index (χ2v) is 3.51. The maximum Gasteiger partial charge on any atom is 0.307 e. The van der Waals surface area contributed by atoms with Crippen LogP contribution in [0, 0.1) is 0 Å². The normalized spacial score (nSPS) is 10.5. The Morgan fingerprint density at radius 2 is 2.15 bits per heavy atom. The Morgan fingerprint density at radius 3 is 2.69 bits per heavy atom. The van der Waals surface area contributed by atoms with E-state index in [2.05, 4.69) is 0 Å². The van der Waals surface area contributed by atoms with E-state index in [9.17, 15) is 9.59 Å². The zero-order valence-electron chi connectivity index (χ0n) is 6.77. The predicted octanol–water partition coefficient (Wildman–Crippen LogP) is 2.05. The van der Waals surface area contributed by atoms with Gasteiger partial charge in [0.1, 0.15) is 0 Å². The molecule has 3 nitrogen and oxygen atoms in total. The van der Waals surface area contributed by atoms with Crippen molar-refractivity contribution in [2.24, 2.45) is 0 Å². The SMILES string of the molecule is O=Cc1ccc(C=CCC(=O)O)s1. The Morgan fingerprint density at radius 1 is 1.46 bits per heavy atom. The summed E-state index contributed by atoms with van der Waals surface area (Å²) in [6.07, 6.45) is 4.04. The molecular weight excluding hydrogens is 188 g/mol. The number of carboxylic acids is 1. The van der Waals surface area contributed by atoms with E-state index in [-0.39, 0.29) is 6.42 Å². The second-order valence-electron chi connectivity index (χ2n) is 2.36. The number of rotatable bonds is 4. The van der Waals surface area contributed by atoms with Crippen LogP contribution in [0.25, 0.3) is 6.08 Å². The van der Waals surface area contributed by atoms with E-state index in [1.165, 1.54) is 11.3 Å². The molecule has 4 heteroatoms. The number of aldehydes is 1. The highest BCUT2D eigenvalue weighted by molar-refractivity contribution is 7.14. The van der Waals surface area contributed by atoms with Crippen LogP contribution in [0.2, 0.25) is 0 Å². The third kappa shape index (κ3) is 3.21. The summed E-state index contributed by atoms with van der Waals surface area (Å²) in [6, 6.07) is 3.49. The highest BCUT2D eigenvalue weighted by Gasteiger charge is 1.95. The zero-order valence-corrected chi connectivity index (χ0v) is 7.58. The van der Waals surface area contributed by atoms with Gasteiger partial charge in [0.15, 0.2) is 6.29 Å². The van der Waals surface area contributed by atoms with Crippen LogP contribution >= 0.6 is 11.3 Å². The van der Waals surface area contributed by atoms with Crippen molar-refractivity contribution in [2.45, 2.75) is 6.42 Å². The van der Waals surface area contributed by atoms with E-state index in [0.29, 0.717) is 4.88 Å². The lowest BCUT2D eigenvalue weighted by molar-refractivity contribution is -0.135. The lowest BCUT2D eigenvalue weighted by Gasteiger charge is -1.83. The molecule has 0 aromatic carbocycles. The van der Waals surface area contributed by atoms with Crippen LogP contribution in [0.15, 0.2) is 18.2 Å². The van der Waals surface area contributed by atoms with Gasteiger partial charge in [-0.3, -0.25) is 9.59 Å². The summed E-state index contributed by atoms with van der Waals surface area (Å²) in [4.78, 5) is 22.0. The van der Waals surface area contributed by atoms with E-state index in [0.717, 1.165) is 11.2 Å². The van der Waals surface area contributed by atoms with Gasteiger partial charge >= 0.3 is 5.97 Å². The van der Waals surface area contributed by atoms with Crippen molar-refractivity contribution in [2.75, 3.05) is 0 Å². The molecule has 0 saturated heterocycles. The van der Waals surface area contributed by atoms with E-state index in [4.69, 9.17) is 5.11 Å². The van der Waals surface area contributed by atoms with Crippen LogP contribution < -0.4 is 0 Å². The Hall–Kier alpha value is -1.42. The van der Waals surface area contributed by atoms with Gasteiger partial charge in [0.25, 0.3) is 0 Å². The zero-order chi connectivity index (χ0) is 9.68. The smallest absolute Gasteiger partial charge is 0.307 e. The molecule has 0 amide bonds. The molecule has 1 rings (SSSR count). The molecule has 0 radical (unpaired) electrons. The maximum absolute atomic E-state index is 10.3. The van der Waals surface area contributed by atoms with Crippen molar-refractivity contribution in [1.82, 2.24) is 0 Å². The molecule has 1 N–H and O–H groups in total. The first kappa shape index (κ1) is 9.67. The van der Waals surface area contributed by atoms with Gasteiger partial charge < -0.3 is 5.11 Å². The van der Waals surface area contributed by atoms with Crippen molar-refractivity contribution in [1.29, 1.82) is 0 Å². The monoisotopic (exact) mass is 196 g/mol. The van der Waals surface area contributed by atoms with Gasteiger partial charge in [-0.2, -0.15) is 0 Å². The highest BCUT2D eigenvalue weighted by Crippen LogP contribution is 2.15. The van der Waals surface area contributed by atoms with Crippen LogP contribution in [0.1, 0.15) is 21.0 Å². The van der Waals surface area contributed by atoms with E-state index >= 15 is 0 Å². The average molecular weight is 196 g/mol. The average Bonchev–Trinajstić information content (AvgIpc) is 2.52. The quantitative estimate of drug-likeness (QED) is 0.750. The Labute approximate surface area is 79.3 Å². The molecule has 68 valence electrons. The molecule has 0 aliphatic rings. The standard InChI is InChI=1S/C9H8O3S/c10-6-8-5-4-7(13-8)2-1-3-9(11)12/h1-2,4-6H,3H2,(H,11,12). The van der Waals surface area contributed by atoms with Gasteiger partial charge in [0, 0.05) is 4.88 Å². The summed E-state index contributed by atoms with van der Waals surface area (Å²) in [7, 11) is 0. The summed E-state index contributed by atoms with van der Waals surface area (Å²) >= 11 is 1.34. The minimum atomic E-state index is -0.858. The Kier molecular flexibility index (Phi) is 3.40. The Bertz CT molecular complexity index is 338. The minimum absolute atomic E-state index is 0.00826. The van der Waals surface area contributed by atoms with Gasteiger partial charge in [-0.25, -0.2) is 0 Å².